The van der Waals surface area contributed by atoms with Crippen LogP contribution in [0.5, 0.6) is 0 Å². The molecule has 2 N–H and O–H groups in total. The fraction of sp³-hybridized carbons (Fsp3) is 0.500. The zero-order chi connectivity index (χ0) is 13.9. The van der Waals surface area contributed by atoms with E-state index in [1.54, 1.807) is 10.9 Å². The molecule has 1 saturated carbocycles. The Bertz CT molecular complexity index is 594. The fourth-order valence-corrected chi connectivity index (χ4v) is 2.78. The van der Waals surface area contributed by atoms with Gasteiger partial charge >= 0.3 is 0 Å². The molecule has 6 nitrogen and oxygen atoms in total. The van der Waals surface area contributed by atoms with E-state index >= 15 is 0 Å². The lowest BCUT2D eigenvalue weighted by atomic mass is 10.0. The zero-order valence-electron chi connectivity index (χ0n) is 11.6. The van der Waals surface area contributed by atoms with Crippen LogP contribution in [-0.2, 0) is 18.3 Å². The van der Waals surface area contributed by atoms with E-state index in [4.69, 9.17) is 0 Å². The van der Waals surface area contributed by atoms with Crippen LogP contribution >= 0.6 is 0 Å². The molecule has 20 heavy (non-hydrogen) atoms. The van der Waals surface area contributed by atoms with Crippen molar-refractivity contribution >= 4 is 11.7 Å². The van der Waals surface area contributed by atoms with Crippen LogP contribution in [0.15, 0.2) is 18.5 Å². The zero-order valence-corrected chi connectivity index (χ0v) is 11.6. The van der Waals surface area contributed by atoms with Gasteiger partial charge in [-0.25, -0.2) is 0 Å². The summed E-state index contributed by atoms with van der Waals surface area (Å²) in [5.41, 5.74) is 2.04. The Balaban J connectivity index is 1.58. The van der Waals surface area contributed by atoms with Gasteiger partial charge in [0.1, 0.15) is 0 Å². The van der Waals surface area contributed by atoms with E-state index in [9.17, 15) is 4.79 Å². The van der Waals surface area contributed by atoms with Crippen molar-refractivity contribution in [3.8, 4) is 0 Å². The Labute approximate surface area is 117 Å². The van der Waals surface area contributed by atoms with E-state index in [0.717, 1.165) is 11.3 Å². The number of hydrogen-bond donors (Lipinski definition) is 2. The summed E-state index contributed by atoms with van der Waals surface area (Å²) in [6.45, 7) is 0. The molecule has 0 aliphatic heterocycles. The van der Waals surface area contributed by atoms with E-state index in [1.807, 2.05) is 19.3 Å². The van der Waals surface area contributed by atoms with E-state index in [2.05, 4.69) is 20.6 Å². The third kappa shape index (κ3) is 2.89. The van der Waals surface area contributed by atoms with Crippen LogP contribution < -0.4 is 5.32 Å². The van der Waals surface area contributed by atoms with Crippen molar-refractivity contribution in [1.29, 1.82) is 0 Å². The van der Waals surface area contributed by atoms with Gasteiger partial charge in [0.2, 0.25) is 5.91 Å². The summed E-state index contributed by atoms with van der Waals surface area (Å²) in [6, 6.07) is 1.96. The molecule has 2 heterocycles. The summed E-state index contributed by atoms with van der Waals surface area (Å²) in [5, 5.41) is 14.1. The molecule has 3 rings (SSSR count). The number of aromatic nitrogens is 4. The van der Waals surface area contributed by atoms with Crippen molar-refractivity contribution < 1.29 is 4.79 Å². The lowest BCUT2D eigenvalue weighted by molar-refractivity contribution is -0.115. The Hall–Kier alpha value is -2.11. The van der Waals surface area contributed by atoms with Gasteiger partial charge in [-0.15, -0.1) is 0 Å². The van der Waals surface area contributed by atoms with Gasteiger partial charge in [0.05, 0.1) is 12.6 Å². The minimum absolute atomic E-state index is 0.0672. The normalized spacial score (nSPS) is 15.7. The first-order valence-electron chi connectivity index (χ1n) is 7.03. The van der Waals surface area contributed by atoms with Crippen LogP contribution in [-0.4, -0.2) is 25.9 Å². The molecule has 0 spiro atoms. The number of nitrogens with zero attached hydrogens (tertiary/aromatic N) is 3. The van der Waals surface area contributed by atoms with Crippen molar-refractivity contribution in [3.63, 3.8) is 0 Å². The number of rotatable bonds is 4. The first-order valence-corrected chi connectivity index (χ1v) is 7.03. The molecular weight excluding hydrogens is 254 g/mol. The highest BCUT2D eigenvalue weighted by Crippen LogP contribution is 2.33. The largest absolute Gasteiger partial charge is 0.309 e. The quantitative estimate of drug-likeness (QED) is 0.894. The predicted octanol–water partition coefficient (Wildman–Crippen LogP) is 1.98. The van der Waals surface area contributed by atoms with Gasteiger partial charge in [0.25, 0.3) is 0 Å². The molecule has 106 valence electrons. The van der Waals surface area contributed by atoms with Crippen LogP contribution in [0.3, 0.4) is 0 Å². The maximum absolute atomic E-state index is 11.9. The third-order valence-electron chi connectivity index (χ3n) is 3.78. The molecule has 0 atom stereocenters. The molecule has 0 unspecified atom stereocenters. The Morgan fingerprint density at radius 2 is 2.30 bits per heavy atom. The second-order valence-corrected chi connectivity index (χ2v) is 5.44. The summed E-state index contributed by atoms with van der Waals surface area (Å²) in [6.07, 6.45) is 8.86. The molecule has 0 saturated heterocycles. The first kappa shape index (κ1) is 12.9. The van der Waals surface area contributed by atoms with Gasteiger partial charge in [-0.1, -0.05) is 12.8 Å². The molecular formula is C14H19N5O. The molecule has 0 bridgehead atoms. The number of carbonyl (C=O) groups excluding carboxylic acids is 1. The maximum atomic E-state index is 11.9. The van der Waals surface area contributed by atoms with Crippen LogP contribution in [0.25, 0.3) is 0 Å². The average Bonchev–Trinajstić information content (AvgIpc) is 3.10. The number of aromatic amines is 1. The molecule has 2 aromatic rings. The number of amides is 1. The number of H-pyrrole nitrogens is 1. The molecule has 1 fully saturated rings. The summed E-state index contributed by atoms with van der Waals surface area (Å²) < 4.78 is 1.69. The molecule has 1 aliphatic rings. The Kier molecular flexibility index (Phi) is 3.54. The number of anilines is 1. The van der Waals surface area contributed by atoms with E-state index < -0.39 is 0 Å². The summed E-state index contributed by atoms with van der Waals surface area (Å²) >= 11 is 0. The first-order chi connectivity index (χ1) is 9.70. The molecule has 6 heteroatoms. The van der Waals surface area contributed by atoms with Gasteiger partial charge in [-0.2, -0.15) is 10.2 Å². The number of aryl methyl sites for hydroxylation is 1. The van der Waals surface area contributed by atoms with E-state index in [0.29, 0.717) is 18.2 Å². The van der Waals surface area contributed by atoms with Gasteiger partial charge in [-0.3, -0.25) is 14.6 Å². The fourth-order valence-electron chi connectivity index (χ4n) is 2.78. The molecule has 2 aromatic heterocycles. The number of carbonyl (C=O) groups is 1. The minimum Gasteiger partial charge on any atom is -0.309 e. The van der Waals surface area contributed by atoms with E-state index in [-0.39, 0.29) is 5.91 Å². The van der Waals surface area contributed by atoms with Crippen molar-refractivity contribution in [2.45, 2.75) is 38.0 Å². The van der Waals surface area contributed by atoms with Crippen molar-refractivity contribution in [2.24, 2.45) is 7.05 Å². The lowest BCUT2D eigenvalue weighted by Crippen LogP contribution is -2.14. The van der Waals surface area contributed by atoms with Crippen molar-refractivity contribution in [2.75, 3.05) is 5.32 Å². The predicted molar refractivity (Wildman–Crippen MR) is 75.3 cm³/mol. The highest BCUT2D eigenvalue weighted by molar-refractivity contribution is 5.91. The molecule has 1 aliphatic carbocycles. The highest BCUT2D eigenvalue weighted by atomic mass is 16.1. The molecule has 0 aromatic carbocycles. The average molecular weight is 273 g/mol. The highest BCUT2D eigenvalue weighted by Gasteiger charge is 2.19. The summed E-state index contributed by atoms with van der Waals surface area (Å²) in [7, 11) is 1.84. The number of hydrogen-bond acceptors (Lipinski definition) is 3. The lowest BCUT2D eigenvalue weighted by Gasteiger charge is -2.03. The second kappa shape index (κ2) is 5.48. The Morgan fingerprint density at radius 1 is 1.50 bits per heavy atom. The Morgan fingerprint density at radius 3 is 3.00 bits per heavy atom. The van der Waals surface area contributed by atoms with Crippen LogP contribution in [0.1, 0.15) is 42.9 Å². The van der Waals surface area contributed by atoms with Crippen LogP contribution in [0.4, 0.5) is 5.82 Å². The summed E-state index contributed by atoms with van der Waals surface area (Å²) in [5.74, 6) is 1.12. The van der Waals surface area contributed by atoms with Gasteiger partial charge < -0.3 is 5.32 Å². The topological polar surface area (TPSA) is 75.6 Å². The molecule has 0 radical (unpaired) electrons. The van der Waals surface area contributed by atoms with Crippen molar-refractivity contribution in [1.82, 2.24) is 20.0 Å². The molecule has 1 amide bonds. The second-order valence-electron chi connectivity index (χ2n) is 5.44. The van der Waals surface area contributed by atoms with Gasteiger partial charge in [-0.05, 0) is 18.4 Å². The van der Waals surface area contributed by atoms with Crippen LogP contribution in [0, 0.1) is 0 Å². The summed E-state index contributed by atoms with van der Waals surface area (Å²) in [4.78, 5) is 11.9. The number of nitrogens with one attached hydrogen (secondary N) is 2. The van der Waals surface area contributed by atoms with Gasteiger partial charge in [0, 0.05) is 30.9 Å². The van der Waals surface area contributed by atoms with Crippen LogP contribution in [0.2, 0.25) is 0 Å². The minimum atomic E-state index is -0.0672. The standard InChI is InChI=1S/C14H19N5O/c1-19-9-10(8-15-19)6-14(20)16-13-7-12(17-18-13)11-4-2-3-5-11/h7-9,11H,2-6H2,1H3,(H2,16,17,18,20). The van der Waals surface area contributed by atoms with Gasteiger partial charge in [0.15, 0.2) is 5.82 Å². The SMILES string of the molecule is Cn1cc(CC(=O)Nc2cc(C3CCCC3)[nH]n2)cn1. The maximum Gasteiger partial charge on any atom is 0.230 e. The monoisotopic (exact) mass is 273 g/mol. The van der Waals surface area contributed by atoms with E-state index in [1.165, 1.54) is 25.7 Å². The van der Waals surface area contributed by atoms with Crippen molar-refractivity contribution in [3.05, 3.63) is 29.7 Å². The third-order valence-corrected chi connectivity index (χ3v) is 3.78. The smallest absolute Gasteiger partial charge is 0.230 e.